The van der Waals surface area contributed by atoms with Gasteiger partial charge >= 0.3 is 0 Å². The zero-order valence-corrected chi connectivity index (χ0v) is 7.34. The molecule has 1 atom stereocenters. The molecule has 0 amide bonds. The van der Waals surface area contributed by atoms with Crippen molar-refractivity contribution >= 4 is 11.0 Å². The van der Waals surface area contributed by atoms with Crippen LogP contribution in [0, 0.1) is 0 Å². The second-order valence-corrected chi connectivity index (χ2v) is 2.87. The van der Waals surface area contributed by atoms with Gasteiger partial charge in [0.1, 0.15) is 0 Å². The van der Waals surface area contributed by atoms with E-state index in [9.17, 15) is 8.42 Å². The predicted molar refractivity (Wildman–Crippen MR) is 42.8 cm³/mol. The van der Waals surface area contributed by atoms with Gasteiger partial charge in [0.2, 0.25) is 0 Å². The molecule has 0 aromatic heterocycles. The van der Waals surface area contributed by atoms with Gasteiger partial charge in [-0.25, -0.2) is 8.42 Å². The van der Waals surface area contributed by atoms with Crippen LogP contribution in [-0.4, -0.2) is 34.2 Å². The summed E-state index contributed by atoms with van der Waals surface area (Å²) in [6.07, 6.45) is 0. The number of hydrogen-bond acceptors (Lipinski definition) is 5. The standard InChI is InChI=1S/C5H14N2O3S/c1-5(7-3-2-6)4-10-11(8)9/h5,7,11H,2-4,6H2,1H3. The molecular formula is C5H14N2O3S. The van der Waals surface area contributed by atoms with Crippen molar-refractivity contribution in [2.75, 3.05) is 19.7 Å². The molecule has 68 valence electrons. The van der Waals surface area contributed by atoms with Crippen LogP contribution in [0.2, 0.25) is 0 Å². The van der Waals surface area contributed by atoms with Crippen LogP contribution in [-0.2, 0) is 15.2 Å². The maximum atomic E-state index is 9.94. The second-order valence-electron chi connectivity index (χ2n) is 2.16. The molecular weight excluding hydrogens is 168 g/mol. The van der Waals surface area contributed by atoms with E-state index in [2.05, 4.69) is 9.50 Å². The molecule has 0 fully saturated rings. The maximum absolute atomic E-state index is 9.94. The van der Waals surface area contributed by atoms with E-state index in [-0.39, 0.29) is 12.6 Å². The first-order valence-corrected chi connectivity index (χ1v) is 4.47. The third-order valence-corrected chi connectivity index (χ3v) is 1.43. The lowest BCUT2D eigenvalue weighted by atomic mass is 10.4. The van der Waals surface area contributed by atoms with Crippen molar-refractivity contribution in [2.24, 2.45) is 5.73 Å². The lowest BCUT2D eigenvalue weighted by Gasteiger charge is -2.09. The molecule has 0 aromatic carbocycles. The number of nitrogens with one attached hydrogen (secondary N) is 1. The summed E-state index contributed by atoms with van der Waals surface area (Å²) >= 11 is 0. The van der Waals surface area contributed by atoms with Gasteiger partial charge in [0.15, 0.2) is 0 Å². The summed E-state index contributed by atoms with van der Waals surface area (Å²) in [6, 6.07) is 0.0199. The summed E-state index contributed by atoms with van der Waals surface area (Å²) in [7, 11) is -2.72. The van der Waals surface area contributed by atoms with E-state index in [4.69, 9.17) is 5.73 Å². The number of thiol groups is 1. The highest BCUT2D eigenvalue weighted by atomic mass is 32.2. The number of hydrogen-bond donors (Lipinski definition) is 3. The minimum absolute atomic E-state index is 0.0199. The largest absolute Gasteiger partial charge is 0.329 e. The van der Waals surface area contributed by atoms with Crippen LogP contribution in [0.3, 0.4) is 0 Å². The predicted octanol–water partition coefficient (Wildman–Crippen LogP) is -1.53. The minimum Gasteiger partial charge on any atom is -0.329 e. The first-order chi connectivity index (χ1) is 5.16. The second kappa shape index (κ2) is 6.53. The maximum Gasteiger partial charge on any atom is 0.257 e. The Hall–Kier alpha value is -0.170. The Morgan fingerprint density at radius 1 is 1.64 bits per heavy atom. The average molecular weight is 182 g/mol. The Balaban J connectivity index is 3.29. The van der Waals surface area contributed by atoms with Crippen molar-refractivity contribution in [2.45, 2.75) is 13.0 Å². The highest BCUT2D eigenvalue weighted by molar-refractivity contribution is 7.67. The molecule has 0 aromatic rings. The van der Waals surface area contributed by atoms with Gasteiger partial charge in [-0.3, -0.25) is 4.18 Å². The zero-order chi connectivity index (χ0) is 8.69. The fraction of sp³-hybridized carbons (Fsp3) is 1.00. The van der Waals surface area contributed by atoms with E-state index in [0.717, 1.165) is 0 Å². The first-order valence-electron chi connectivity index (χ1n) is 3.37. The summed E-state index contributed by atoms with van der Waals surface area (Å²) in [5.74, 6) is 0. The Bertz CT molecular complexity index is 152. The molecule has 0 heterocycles. The molecule has 0 aliphatic carbocycles. The average Bonchev–Trinajstić information content (AvgIpc) is 1.97. The monoisotopic (exact) mass is 182 g/mol. The van der Waals surface area contributed by atoms with Crippen LogP contribution < -0.4 is 11.1 Å². The number of nitrogens with two attached hydrogens (primary N) is 1. The third-order valence-electron chi connectivity index (χ3n) is 1.07. The van der Waals surface area contributed by atoms with Crippen LogP contribution in [0.1, 0.15) is 6.92 Å². The van der Waals surface area contributed by atoms with Crippen molar-refractivity contribution in [1.29, 1.82) is 0 Å². The van der Waals surface area contributed by atoms with Crippen LogP contribution in [0.5, 0.6) is 0 Å². The van der Waals surface area contributed by atoms with Gasteiger partial charge in [0.05, 0.1) is 6.61 Å². The smallest absolute Gasteiger partial charge is 0.257 e. The molecule has 1 unspecified atom stereocenters. The highest BCUT2D eigenvalue weighted by Crippen LogP contribution is 1.82. The van der Waals surface area contributed by atoms with E-state index in [1.165, 1.54) is 0 Å². The fourth-order valence-corrected chi connectivity index (χ4v) is 0.907. The first kappa shape index (κ1) is 10.8. The Labute approximate surface area is 68.1 Å². The molecule has 0 saturated carbocycles. The van der Waals surface area contributed by atoms with E-state index in [1.807, 2.05) is 6.92 Å². The van der Waals surface area contributed by atoms with Crippen molar-refractivity contribution < 1.29 is 12.6 Å². The third kappa shape index (κ3) is 7.73. The van der Waals surface area contributed by atoms with Crippen molar-refractivity contribution in [3.05, 3.63) is 0 Å². The summed E-state index contributed by atoms with van der Waals surface area (Å²) in [5, 5.41) is 2.97. The summed E-state index contributed by atoms with van der Waals surface area (Å²) in [4.78, 5) is 0. The SMILES string of the molecule is CC(CO[SH](=O)=O)NCCN. The van der Waals surface area contributed by atoms with Gasteiger partial charge in [-0.15, -0.1) is 0 Å². The molecule has 0 saturated heterocycles. The normalized spacial score (nSPS) is 13.7. The molecule has 11 heavy (non-hydrogen) atoms. The number of rotatable bonds is 6. The summed E-state index contributed by atoms with van der Waals surface area (Å²) < 4.78 is 24.2. The molecule has 0 bridgehead atoms. The van der Waals surface area contributed by atoms with E-state index in [1.54, 1.807) is 0 Å². The molecule has 5 nitrogen and oxygen atoms in total. The van der Waals surface area contributed by atoms with Crippen LogP contribution >= 0.6 is 0 Å². The quantitative estimate of drug-likeness (QED) is 0.434. The molecule has 6 heteroatoms. The minimum atomic E-state index is -2.72. The van der Waals surface area contributed by atoms with Gasteiger partial charge in [0, 0.05) is 19.1 Å². The lowest BCUT2D eigenvalue weighted by Crippen LogP contribution is -2.34. The molecule has 0 aliphatic heterocycles. The van der Waals surface area contributed by atoms with E-state index in [0.29, 0.717) is 13.1 Å². The van der Waals surface area contributed by atoms with Crippen molar-refractivity contribution in [1.82, 2.24) is 5.32 Å². The van der Waals surface area contributed by atoms with Crippen molar-refractivity contribution in [3.63, 3.8) is 0 Å². The van der Waals surface area contributed by atoms with Crippen molar-refractivity contribution in [3.8, 4) is 0 Å². The zero-order valence-electron chi connectivity index (χ0n) is 6.45. The lowest BCUT2D eigenvalue weighted by molar-refractivity contribution is 0.289. The van der Waals surface area contributed by atoms with E-state index < -0.39 is 11.0 Å². The molecule has 0 spiro atoms. The molecule has 0 aliphatic rings. The molecule has 0 rings (SSSR count). The van der Waals surface area contributed by atoms with Gasteiger partial charge in [0.25, 0.3) is 11.0 Å². The molecule has 3 N–H and O–H groups in total. The van der Waals surface area contributed by atoms with Gasteiger partial charge in [-0.2, -0.15) is 0 Å². The van der Waals surface area contributed by atoms with E-state index >= 15 is 0 Å². The topological polar surface area (TPSA) is 81.4 Å². The molecule has 0 radical (unpaired) electrons. The Morgan fingerprint density at radius 3 is 2.73 bits per heavy atom. The summed E-state index contributed by atoms with van der Waals surface area (Å²) in [6.45, 7) is 3.20. The van der Waals surface area contributed by atoms with Gasteiger partial charge in [-0.1, -0.05) is 0 Å². The Kier molecular flexibility index (Phi) is 6.43. The van der Waals surface area contributed by atoms with Gasteiger partial charge in [-0.05, 0) is 6.92 Å². The van der Waals surface area contributed by atoms with Crippen LogP contribution in [0.25, 0.3) is 0 Å². The van der Waals surface area contributed by atoms with Crippen LogP contribution in [0.15, 0.2) is 0 Å². The highest BCUT2D eigenvalue weighted by Gasteiger charge is 1.99. The van der Waals surface area contributed by atoms with Crippen LogP contribution in [0.4, 0.5) is 0 Å². The fourth-order valence-electron chi connectivity index (χ4n) is 0.561. The summed E-state index contributed by atoms with van der Waals surface area (Å²) in [5.41, 5.74) is 5.21. The Morgan fingerprint density at radius 2 is 2.27 bits per heavy atom. The van der Waals surface area contributed by atoms with Gasteiger partial charge < -0.3 is 11.1 Å².